The third-order valence-electron chi connectivity index (χ3n) is 10.7. The fourth-order valence-electron chi connectivity index (χ4n) is 8.81. The molecular formula is C42H48Cl2HfSi. The minimum absolute atomic E-state index is 0. The molecule has 0 amide bonds. The molecule has 0 saturated heterocycles. The van der Waals surface area contributed by atoms with Gasteiger partial charge in [0.15, 0.2) is 0 Å². The van der Waals surface area contributed by atoms with Crippen LogP contribution < -0.4 is 6.64 Å². The van der Waals surface area contributed by atoms with Crippen molar-refractivity contribution < 1.29 is 17.1 Å². The van der Waals surface area contributed by atoms with E-state index in [1.807, 2.05) is 0 Å². The summed E-state index contributed by atoms with van der Waals surface area (Å²) in [5.41, 5.74) is 11.4. The second-order valence-corrected chi connectivity index (χ2v) is 43.2. The summed E-state index contributed by atoms with van der Waals surface area (Å²) in [7, 11) is 0. The van der Waals surface area contributed by atoms with Crippen LogP contribution in [0.25, 0.3) is 11.1 Å². The maximum atomic E-state index is 2.59. The van der Waals surface area contributed by atoms with E-state index in [1.54, 1.807) is 13.3 Å². The fourth-order valence-corrected chi connectivity index (χ4v) is 50.4. The Morgan fingerprint density at radius 2 is 0.913 bits per heavy atom. The molecule has 46 heavy (non-hydrogen) atoms. The molecular weight excluding hydrogens is 782 g/mol. The monoisotopic (exact) mass is 830 g/mol. The van der Waals surface area contributed by atoms with E-state index in [4.69, 9.17) is 0 Å². The van der Waals surface area contributed by atoms with Gasteiger partial charge in [-0.15, -0.1) is 24.8 Å². The first kappa shape index (κ1) is 36.3. The van der Waals surface area contributed by atoms with E-state index in [2.05, 4.69) is 170 Å². The Bertz CT molecular complexity index is 1790. The van der Waals surface area contributed by atoms with Crippen LogP contribution in [0.15, 0.2) is 139 Å². The summed E-state index contributed by atoms with van der Waals surface area (Å²) in [4.78, 5) is 0. The van der Waals surface area contributed by atoms with Crippen LogP contribution in [-0.2, 0) is 30.0 Å². The van der Waals surface area contributed by atoms with Gasteiger partial charge in [0.05, 0.1) is 0 Å². The summed E-state index contributed by atoms with van der Waals surface area (Å²) in [6, 6.07) is 41.9. The predicted molar refractivity (Wildman–Crippen MR) is 207 cm³/mol. The van der Waals surface area contributed by atoms with E-state index in [9.17, 15) is 0 Å². The molecule has 0 saturated carbocycles. The number of rotatable bonds is 8. The zero-order valence-electron chi connectivity index (χ0n) is 28.1. The number of aryl methyl sites for hydroxylation is 2. The van der Waals surface area contributed by atoms with Crippen molar-refractivity contribution >= 4 is 49.5 Å². The minimum Gasteiger partial charge on any atom is -0.147 e. The van der Waals surface area contributed by atoms with Crippen molar-refractivity contribution in [2.75, 3.05) is 0 Å². The topological polar surface area (TPSA) is 0 Å². The van der Waals surface area contributed by atoms with E-state index < -0.39 is 17.1 Å². The van der Waals surface area contributed by atoms with Gasteiger partial charge in [0.1, 0.15) is 0 Å². The summed E-state index contributed by atoms with van der Waals surface area (Å²) in [6.07, 6.45) is 7.28. The van der Waals surface area contributed by atoms with E-state index in [0.29, 0.717) is 11.8 Å². The van der Waals surface area contributed by atoms with Crippen LogP contribution in [0.2, 0.25) is 0 Å². The van der Waals surface area contributed by atoms with Crippen LogP contribution in [0.4, 0.5) is 0 Å². The van der Waals surface area contributed by atoms with Crippen LogP contribution in [0.3, 0.4) is 0 Å². The fraction of sp³-hybridized carbons (Fsp3) is 0.238. The van der Waals surface area contributed by atoms with Gasteiger partial charge in [-0.3, -0.25) is 0 Å². The third-order valence-corrected chi connectivity index (χ3v) is 49.6. The van der Waals surface area contributed by atoms with Crippen molar-refractivity contribution in [2.24, 2.45) is 11.8 Å². The smallest absolute Gasteiger partial charge is 0.147 e. The summed E-state index contributed by atoms with van der Waals surface area (Å²) >= 11 is -4.73. The molecule has 2 atom stereocenters. The second-order valence-electron chi connectivity index (χ2n) is 13.1. The number of hydrogen-bond donors (Lipinski definition) is 0. The Morgan fingerprint density at radius 3 is 1.26 bits per heavy atom. The molecule has 0 heterocycles. The molecule has 2 aliphatic rings. The van der Waals surface area contributed by atoms with Gasteiger partial charge in [-0.2, -0.15) is 0 Å². The number of benzene rings is 4. The summed E-state index contributed by atoms with van der Waals surface area (Å²) in [5.74, 6) is 0.701. The van der Waals surface area contributed by atoms with Gasteiger partial charge in [-0.25, -0.2) is 0 Å². The van der Waals surface area contributed by atoms with Crippen molar-refractivity contribution in [3.63, 3.8) is 0 Å². The number of allylic oxidation sites excluding steroid dienone is 8. The van der Waals surface area contributed by atoms with Crippen LogP contribution in [-0.4, -0.2) is 6.94 Å². The molecule has 0 aliphatic heterocycles. The van der Waals surface area contributed by atoms with Gasteiger partial charge >= 0.3 is 269 Å². The Kier molecular flexibility index (Phi) is 11.3. The van der Waals surface area contributed by atoms with Gasteiger partial charge in [-0.1, -0.05) is 0 Å². The van der Waals surface area contributed by atoms with Gasteiger partial charge in [0.2, 0.25) is 0 Å². The van der Waals surface area contributed by atoms with Crippen molar-refractivity contribution in [3.05, 3.63) is 161 Å². The van der Waals surface area contributed by atoms with E-state index in [0.717, 1.165) is 12.8 Å². The molecule has 4 aromatic rings. The maximum absolute atomic E-state index is 4.73. The van der Waals surface area contributed by atoms with Crippen molar-refractivity contribution in [1.29, 1.82) is 0 Å². The Balaban J connectivity index is 0.00000240. The Labute approximate surface area is 292 Å². The van der Waals surface area contributed by atoms with Crippen LogP contribution in [0, 0.1) is 11.8 Å². The Morgan fingerprint density at radius 1 is 0.543 bits per heavy atom. The van der Waals surface area contributed by atoms with Crippen LogP contribution in [0.1, 0.15) is 63.8 Å². The summed E-state index contributed by atoms with van der Waals surface area (Å²) in [5, 5.41) is 0. The van der Waals surface area contributed by atoms with Crippen LogP contribution >= 0.6 is 24.8 Å². The number of hydrogen-bond acceptors (Lipinski definition) is 0. The molecule has 0 bridgehead atoms. The molecule has 6 rings (SSSR count). The molecule has 0 aromatic heterocycles. The molecule has 2 aliphatic carbocycles. The minimum atomic E-state index is -4.73. The SMILES string of the molecule is CCc1cccc(C2=CC(C)[C]([Hf](=[SiH2])([C]3=C(C)C(c4cccc(CC)c4)=CC3C)([c]3ccccc3)[c]3ccccc3)=C2C)c1.Cl.Cl. The second kappa shape index (κ2) is 14.3. The zero-order valence-corrected chi connectivity index (χ0v) is 34.8. The average Bonchev–Trinajstić information content (AvgIpc) is 3.55. The largest absolute Gasteiger partial charge is 0.147 e. The molecule has 0 nitrogen and oxygen atoms in total. The molecule has 4 heteroatoms. The average molecular weight is 830 g/mol. The molecule has 0 fully saturated rings. The van der Waals surface area contributed by atoms with Crippen molar-refractivity contribution in [3.8, 4) is 0 Å². The summed E-state index contributed by atoms with van der Waals surface area (Å²) in [6.45, 7) is 16.8. The van der Waals surface area contributed by atoms with Gasteiger partial charge in [0, 0.05) is 0 Å². The molecule has 0 N–H and O–H groups in total. The molecule has 2 unspecified atom stereocenters. The van der Waals surface area contributed by atoms with Crippen molar-refractivity contribution in [2.45, 2.75) is 54.4 Å². The van der Waals surface area contributed by atoms with Gasteiger partial charge in [0.25, 0.3) is 0 Å². The van der Waals surface area contributed by atoms with Crippen LogP contribution in [0.5, 0.6) is 0 Å². The van der Waals surface area contributed by atoms with E-state index >= 15 is 0 Å². The van der Waals surface area contributed by atoms with Gasteiger partial charge in [-0.05, 0) is 0 Å². The first-order valence-corrected chi connectivity index (χ1v) is 31.9. The predicted octanol–water partition coefficient (Wildman–Crippen LogP) is 9.86. The molecule has 4 aromatic carbocycles. The van der Waals surface area contributed by atoms with Gasteiger partial charge < -0.3 is 0 Å². The van der Waals surface area contributed by atoms with E-state index in [1.165, 1.54) is 44.5 Å². The number of halogens is 2. The van der Waals surface area contributed by atoms with E-state index in [-0.39, 0.29) is 24.8 Å². The Hall–Kier alpha value is -2.49. The first-order valence-electron chi connectivity index (χ1n) is 16.4. The quantitative estimate of drug-likeness (QED) is 0.155. The standard InChI is InChI=1S/2C15H17.2C6H5.2ClH.Hf.H2Si/c2*1-4-13-6-5-7-14(10-13)15-9-11(2)8-12(15)3;2*1-2-4-6-5-3-1;;;;/h2*5-7,9-11H,4H2,1-3H3;2*1-5H;2*1H;;1H2. The van der Waals surface area contributed by atoms with Crippen molar-refractivity contribution in [1.82, 2.24) is 0 Å². The first-order chi connectivity index (χ1) is 21.2. The normalized spacial score (nSPS) is 18.2. The molecule has 0 spiro atoms. The molecule has 238 valence electrons. The molecule has 0 radical (unpaired) electrons. The maximum Gasteiger partial charge on any atom is -0.147 e. The zero-order chi connectivity index (χ0) is 31.1. The summed E-state index contributed by atoms with van der Waals surface area (Å²) < 4.78 is 6.55. The third kappa shape index (κ3) is 5.68.